The zero-order valence-electron chi connectivity index (χ0n) is 12.6. The van der Waals surface area contributed by atoms with Crippen LogP contribution in [-0.4, -0.2) is 11.5 Å². The van der Waals surface area contributed by atoms with E-state index in [1.807, 2.05) is 32.9 Å². The van der Waals surface area contributed by atoms with Crippen molar-refractivity contribution >= 4 is 0 Å². The molecule has 1 N–H and O–H groups in total. The standard InChI is InChI=1S/C17H20F2N2/c1-4-10-20-17(13-9-8-11(2)21-12(13)3)14-6-5-7-15(18)16(14)19/h5-9,17,20H,4,10H2,1-3H3. The molecule has 0 aliphatic heterocycles. The molecule has 112 valence electrons. The summed E-state index contributed by atoms with van der Waals surface area (Å²) in [5, 5.41) is 3.28. The van der Waals surface area contributed by atoms with Crippen LogP contribution in [0.5, 0.6) is 0 Å². The van der Waals surface area contributed by atoms with Gasteiger partial charge in [0.1, 0.15) is 0 Å². The van der Waals surface area contributed by atoms with E-state index in [0.29, 0.717) is 12.1 Å². The molecule has 1 aromatic heterocycles. The van der Waals surface area contributed by atoms with Crippen molar-refractivity contribution in [2.45, 2.75) is 33.2 Å². The summed E-state index contributed by atoms with van der Waals surface area (Å²) in [6, 6.07) is 7.70. The van der Waals surface area contributed by atoms with Crippen LogP contribution in [0.25, 0.3) is 0 Å². The molecule has 0 aliphatic carbocycles. The molecule has 0 aliphatic rings. The number of hydrogen-bond donors (Lipinski definition) is 1. The quantitative estimate of drug-likeness (QED) is 0.898. The second-order valence-corrected chi connectivity index (χ2v) is 5.16. The third-order valence-corrected chi connectivity index (χ3v) is 3.47. The Morgan fingerprint density at radius 2 is 1.86 bits per heavy atom. The molecular formula is C17H20F2N2. The van der Waals surface area contributed by atoms with E-state index < -0.39 is 17.7 Å². The molecule has 1 aromatic carbocycles. The first-order chi connectivity index (χ1) is 10.0. The molecule has 0 fully saturated rings. The number of aromatic nitrogens is 1. The minimum atomic E-state index is -0.825. The van der Waals surface area contributed by atoms with E-state index in [1.165, 1.54) is 6.07 Å². The van der Waals surface area contributed by atoms with Gasteiger partial charge in [0.2, 0.25) is 0 Å². The van der Waals surface area contributed by atoms with Gasteiger partial charge in [0.25, 0.3) is 0 Å². The minimum absolute atomic E-state index is 0.317. The van der Waals surface area contributed by atoms with Crippen molar-refractivity contribution in [2.75, 3.05) is 6.54 Å². The maximum atomic E-state index is 14.1. The molecule has 4 heteroatoms. The van der Waals surface area contributed by atoms with E-state index in [4.69, 9.17) is 0 Å². The van der Waals surface area contributed by atoms with Crippen molar-refractivity contribution < 1.29 is 8.78 Å². The normalized spacial score (nSPS) is 12.4. The molecule has 0 amide bonds. The number of benzene rings is 1. The summed E-state index contributed by atoms with van der Waals surface area (Å²) in [6.45, 7) is 6.55. The maximum absolute atomic E-state index is 14.1. The molecule has 2 rings (SSSR count). The van der Waals surface area contributed by atoms with E-state index in [0.717, 1.165) is 29.4 Å². The first-order valence-electron chi connectivity index (χ1n) is 7.16. The lowest BCUT2D eigenvalue weighted by Gasteiger charge is -2.22. The lowest BCUT2D eigenvalue weighted by Crippen LogP contribution is -2.25. The molecular weight excluding hydrogens is 270 g/mol. The van der Waals surface area contributed by atoms with Crippen LogP contribution < -0.4 is 5.32 Å². The maximum Gasteiger partial charge on any atom is 0.163 e. The highest BCUT2D eigenvalue weighted by atomic mass is 19.2. The lowest BCUT2D eigenvalue weighted by atomic mass is 9.96. The molecule has 0 saturated heterocycles. The Labute approximate surface area is 124 Å². The largest absolute Gasteiger partial charge is 0.306 e. The summed E-state index contributed by atoms with van der Waals surface area (Å²) in [5.41, 5.74) is 2.92. The molecule has 0 saturated carbocycles. The monoisotopic (exact) mass is 290 g/mol. The third kappa shape index (κ3) is 3.45. The van der Waals surface area contributed by atoms with E-state index >= 15 is 0 Å². The van der Waals surface area contributed by atoms with Crippen LogP contribution in [0.15, 0.2) is 30.3 Å². The molecule has 1 unspecified atom stereocenters. The summed E-state index contributed by atoms with van der Waals surface area (Å²) in [7, 11) is 0. The number of nitrogens with zero attached hydrogens (tertiary/aromatic N) is 1. The molecule has 21 heavy (non-hydrogen) atoms. The Balaban J connectivity index is 2.49. The second-order valence-electron chi connectivity index (χ2n) is 5.16. The van der Waals surface area contributed by atoms with Gasteiger partial charge in [0.05, 0.1) is 6.04 Å². The predicted octanol–water partition coefficient (Wildman–Crippen LogP) is 4.07. The van der Waals surface area contributed by atoms with Gasteiger partial charge in [-0.1, -0.05) is 25.1 Å². The second kappa shape index (κ2) is 6.76. The fraction of sp³-hybridized carbons (Fsp3) is 0.353. The van der Waals surface area contributed by atoms with Gasteiger partial charge in [-0.2, -0.15) is 0 Å². The first kappa shape index (κ1) is 15.6. The third-order valence-electron chi connectivity index (χ3n) is 3.47. The Morgan fingerprint density at radius 1 is 1.10 bits per heavy atom. The average Bonchev–Trinajstić information content (AvgIpc) is 2.45. The van der Waals surface area contributed by atoms with Crippen LogP contribution >= 0.6 is 0 Å². The minimum Gasteiger partial charge on any atom is -0.306 e. The number of hydrogen-bond acceptors (Lipinski definition) is 2. The van der Waals surface area contributed by atoms with Gasteiger partial charge in [0, 0.05) is 17.0 Å². The van der Waals surface area contributed by atoms with E-state index in [9.17, 15) is 8.78 Å². The smallest absolute Gasteiger partial charge is 0.163 e. The van der Waals surface area contributed by atoms with Crippen LogP contribution in [0.1, 0.15) is 41.9 Å². The molecule has 1 heterocycles. The van der Waals surface area contributed by atoms with Crippen molar-refractivity contribution in [2.24, 2.45) is 0 Å². The van der Waals surface area contributed by atoms with Crippen molar-refractivity contribution in [3.8, 4) is 0 Å². The van der Waals surface area contributed by atoms with Crippen LogP contribution in [-0.2, 0) is 0 Å². The molecule has 0 bridgehead atoms. The van der Waals surface area contributed by atoms with Gasteiger partial charge in [-0.25, -0.2) is 8.78 Å². The van der Waals surface area contributed by atoms with Crippen LogP contribution in [0.3, 0.4) is 0 Å². The Kier molecular flexibility index (Phi) is 5.02. The van der Waals surface area contributed by atoms with E-state index in [2.05, 4.69) is 10.3 Å². The SMILES string of the molecule is CCCNC(c1ccc(C)nc1C)c1cccc(F)c1F. The van der Waals surface area contributed by atoms with Crippen LogP contribution in [0.4, 0.5) is 8.78 Å². The molecule has 2 aromatic rings. The topological polar surface area (TPSA) is 24.9 Å². The summed E-state index contributed by atoms with van der Waals surface area (Å²) in [5.74, 6) is -1.63. The van der Waals surface area contributed by atoms with E-state index in [-0.39, 0.29) is 0 Å². The molecule has 1 atom stereocenters. The fourth-order valence-corrected chi connectivity index (χ4v) is 2.42. The lowest BCUT2D eigenvalue weighted by molar-refractivity contribution is 0.479. The van der Waals surface area contributed by atoms with Crippen molar-refractivity contribution in [3.05, 3.63) is 64.5 Å². The Bertz CT molecular complexity index is 626. The molecule has 2 nitrogen and oxygen atoms in total. The molecule has 0 radical (unpaired) electrons. The summed E-state index contributed by atoms with van der Waals surface area (Å²) >= 11 is 0. The van der Waals surface area contributed by atoms with Crippen LogP contribution in [0, 0.1) is 25.5 Å². The van der Waals surface area contributed by atoms with Crippen molar-refractivity contribution in [3.63, 3.8) is 0 Å². The summed E-state index contributed by atoms with van der Waals surface area (Å²) in [4.78, 5) is 4.42. The zero-order chi connectivity index (χ0) is 15.4. The zero-order valence-corrected chi connectivity index (χ0v) is 12.6. The van der Waals surface area contributed by atoms with Gasteiger partial charge in [-0.15, -0.1) is 0 Å². The number of pyridine rings is 1. The van der Waals surface area contributed by atoms with Gasteiger partial charge in [0.15, 0.2) is 11.6 Å². The van der Waals surface area contributed by atoms with Crippen LogP contribution in [0.2, 0.25) is 0 Å². The highest BCUT2D eigenvalue weighted by molar-refractivity contribution is 5.35. The van der Waals surface area contributed by atoms with Crippen molar-refractivity contribution in [1.29, 1.82) is 0 Å². The fourth-order valence-electron chi connectivity index (χ4n) is 2.42. The highest BCUT2D eigenvalue weighted by Gasteiger charge is 2.21. The Morgan fingerprint density at radius 3 is 2.52 bits per heavy atom. The predicted molar refractivity (Wildman–Crippen MR) is 80.2 cm³/mol. The number of nitrogens with one attached hydrogen (secondary N) is 1. The van der Waals surface area contributed by atoms with Gasteiger partial charge >= 0.3 is 0 Å². The highest BCUT2D eigenvalue weighted by Crippen LogP contribution is 2.27. The van der Waals surface area contributed by atoms with Gasteiger partial charge < -0.3 is 5.32 Å². The molecule has 0 spiro atoms. The average molecular weight is 290 g/mol. The first-order valence-corrected chi connectivity index (χ1v) is 7.16. The number of halogens is 2. The summed E-state index contributed by atoms with van der Waals surface area (Å²) < 4.78 is 27.7. The van der Waals surface area contributed by atoms with Gasteiger partial charge in [-0.05, 0) is 44.5 Å². The Hall–Kier alpha value is -1.81. The number of rotatable bonds is 5. The van der Waals surface area contributed by atoms with Crippen molar-refractivity contribution in [1.82, 2.24) is 10.3 Å². The number of aryl methyl sites for hydroxylation is 2. The van der Waals surface area contributed by atoms with Gasteiger partial charge in [-0.3, -0.25) is 4.98 Å². The summed E-state index contributed by atoms with van der Waals surface area (Å²) in [6.07, 6.45) is 0.909. The van der Waals surface area contributed by atoms with E-state index in [1.54, 1.807) is 6.07 Å².